The quantitative estimate of drug-likeness (QED) is 0.899. The van der Waals surface area contributed by atoms with Gasteiger partial charge in [0.05, 0.1) is 17.1 Å². The highest BCUT2D eigenvalue weighted by Crippen LogP contribution is 2.26. The molecule has 3 rings (SSSR count). The second-order valence-electron chi connectivity index (χ2n) is 5.80. The van der Waals surface area contributed by atoms with Gasteiger partial charge in [0.1, 0.15) is 5.76 Å². The molecule has 0 bridgehead atoms. The third-order valence-electron chi connectivity index (χ3n) is 3.92. The van der Waals surface area contributed by atoms with E-state index in [-0.39, 0.29) is 5.91 Å². The fourth-order valence-electron chi connectivity index (χ4n) is 2.64. The van der Waals surface area contributed by atoms with Crippen molar-refractivity contribution in [3.63, 3.8) is 0 Å². The van der Waals surface area contributed by atoms with Gasteiger partial charge < -0.3 is 14.6 Å². The van der Waals surface area contributed by atoms with E-state index in [2.05, 4.69) is 10.3 Å². The summed E-state index contributed by atoms with van der Waals surface area (Å²) < 4.78 is 5.75. The number of likely N-dealkylation sites (N-methyl/N-ethyl adjacent to an activating group) is 1. The molecule has 0 atom stereocenters. The number of hydrogen-bond donors (Lipinski definition) is 1. The molecule has 124 valence electrons. The van der Waals surface area contributed by atoms with Crippen molar-refractivity contribution in [1.29, 1.82) is 0 Å². The summed E-state index contributed by atoms with van der Waals surface area (Å²) in [7, 11) is 1.94. The molecule has 1 aliphatic rings. The summed E-state index contributed by atoms with van der Waals surface area (Å²) >= 11 is 1.61. The zero-order chi connectivity index (χ0) is 16.2. The monoisotopic (exact) mass is 334 g/mol. The minimum Gasteiger partial charge on any atom is -0.440 e. The van der Waals surface area contributed by atoms with Crippen molar-refractivity contribution in [2.75, 3.05) is 39.8 Å². The zero-order valence-corrected chi connectivity index (χ0v) is 14.4. The second kappa shape index (κ2) is 7.25. The van der Waals surface area contributed by atoms with E-state index in [1.54, 1.807) is 11.3 Å². The second-order valence-corrected chi connectivity index (χ2v) is 6.75. The number of nitrogens with zero attached hydrogens (tertiary/aromatic N) is 3. The molecule has 3 heterocycles. The number of piperazine rings is 1. The molecule has 1 N–H and O–H groups in total. The van der Waals surface area contributed by atoms with Crippen molar-refractivity contribution in [2.24, 2.45) is 0 Å². The van der Waals surface area contributed by atoms with Crippen molar-refractivity contribution in [3.8, 4) is 10.8 Å². The van der Waals surface area contributed by atoms with Crippen LogP contribution in [0.25, 0.3) is 10.8 Å². The van der Waals surface area contributed by atoms with Crippen molar-refractivity contribution >= 4 is 17.2 Å². The molecule has 0 aromatic carbocycles. The Labute approximate surface area is 140 Å². The van der Waals surface area contributed by atoms with Gasteiger partial charge in [0, 0.05) is 32.7 Å². The molecule has 2 aromatic rings. The number of oxazole rings is 1. The molecule has 1 aliphatic heterocycles. The smallest absolute Gasteiger partial charge is 0.236 e. The van der Waals surface area contributed by atoms with Gasteiger partial charge in [-0.15, -0.1) is 11.3 Å². The molecule has 6 nitrogen and oxygen atoms in total. The first-order valence-corrected chi connectivity index (χ1v) is 8.68. The van der Waals surface area contributed by atoms with Crippen LogP contribution in [0.5, 0.6) is 0 Å². The lowest BCUT2D eigenvalue weighted by atomic mass is 10.3. The molecule has 0 spiro atoms. The Bertz CT molecular complexity index is 647. The number of rotatable bonds is 5. The topological polar surface area (TPSA) is 61.6 Å². The van der Waals surface area contributed by atoms with Gasteiger partial charge in [-0.2, -0.15) is 0 Å². The summed E-state index contributed by atoms with van der Waals surface area (Å²) in [6, 6.07) is 3.98. The van der Waals surface area contributed by atoms with Crippen LogP contribution in [0.3, 0.4) is 0 Å². The van der Waals surface area contributed by atoms with E-state index in [1.807, 2.05) is 41.3 Å². The van der Waals surface area contributed by atoms with Crippen LogP contribution in [0.4, 0.5) is 0 Å². The Morgan fingerprint density at radius 2 is 2.26 bits per heavy atom. The average molecular weight is 334 g/mol. The first-order chi connectivity index (χ1) is 11.1. The summed E-state index contributed by atoms with van der Waals surface area (Å²) in [5.74, 6) is 1.65. The van der Waals surface area contributed by atoms with E-state index in [1.165, 1.54) is 0 Å². The van der Waals surface area contributed by atoms with Crippen LogP contribution < -0.4 is 5.32 Å². The molecular formula is C16H22N4O2S. The molecule has 0 aliphatic carbocycles. The number of amides is 1. The highest BCUT2D eigenvalue weighted by molar-refractivity contribution is 7.13. The Morgan fingerprint density at radius 3 is 2.96 bits per heavy atom. The molecule has 7 heteroatoms. The lowest BCUT2D eigenvalue weighted by molar-refractivity contribution is -0.132. The van der Waals surface area contributed by atoms with Crippen LogP contribution in [-0.2, 0) is 11.3 Å². The molecule has 23 heavy (non-hydrogen) atoms. The molecule has 1 saturated heterocycles. The molecule has 0 radical (unpaired) electrons. The van der Waals surface area contributed by atoms with Crippen LogP contribution in [0.2, 0.25) is 0 Å². The number of aryl methyl sites for hydroxylation is 1. The lowest BCUT2D eigenvalue weighted by Gasteiger charge is -2.29. The summed E-state index contributed by atoms with van der Waals surface area (Å²) in [6.45, 7) is 6.27. The Kier molecular flexibility index (Phi) is 5.09. The number of carbonyl (C=O) groups excluding carboxylic acids is 1. The van der Waals surface area contributed by atoms with E-state index in [0.29, 0.717) is 19.0 Å². The van der Waals surface area contributed by atoms with Gasteiger partial charge in [-0.25, -0.2) is 4.98 Å². The first-order valence-electron chi connectivity index (χ1n) is 7.80. The van der Waals surface area contributed by atoms with E-state index in [0.717, 1.165) is 42.5 Å². The highest BCUT2D eigenvalue weighted by Gasteiger charge is 2.19. The number of hydrogen-bond acceptors (Lipinski definition) is 6. The van der Waals surface area contributed by atoms with Crippen molar-refractivity contribution in [2.45, 2.75) is 13.5 Å². The SMILES string of the molecule is Cc1oc(-c2cccs2)nc1CN(C)CC(=O)N1CCNCC1. The minimum atomic E-state index is 0.175. The maximum absolute atomic E-state index is 12.3. The van der Waals surface area contributed by atoms with Crippen molar-refractivity contribution < 1.29 is 9.21 Å². The van der Waals surface area contributed by atoms with E-state index < -0.39 is 0 Å². The van der Waals surface area contributed by atoms with Crippen molar-refractivity contribution in [1.82, 2.24) is 20.1 Å². The van der Waals surface area contributed by atoms with Gasteiger partial charge in [0.15, 0.2) is 0 Å². The third kappa shape index (κ3) is 3.99. The molecular weight excluding hydrogens is 312 g/mol. The van der Waals surface area contributed by atoms with Crippen LogP contribution in [0, 0.1) is 6.92 Å². The highest BCUT2D eigenvalue weighted by atomic mass is 32.1. The number of carbonyl (C=O) groups is 1. The van der Waals surface area contributed by atoms with Gasteiger partial charge in [-0.1, -0.05) is 6.07 Å². The van der Waals surface area contributed by atoms with Gasteiger partial charge in [-0.3, -0.25) is 9.69 Å². The van der Waals surface area contributed by atoms with Crippen molar-refractivity contribution in [3.05, 3.63) is 29.0 Å². The Balaban J connectivity index is 1.59. The van der Waals surface area contributed by atoms with Gasteiger partial charge in [0.2, 0.25) is 11.8 Å². The largest absolute Gasteiger partial charge is 0.440 e. The summed E-state index contributed by atoms with van der Waals surface area (Å²) in [4.78, 5) is 21.8. The van der Waals surface area contributed by atoms with Crippen LogP contribution in [0.15, 0.2) is 21.9 Å². The average Bonchev–Trinajstić information content (AvgIpc) is 3.18. The molecule has 0 saturated carbocycles. The standard InChI is InChI=1S/C16H22N4O2S/c1-12-13(18-16(22-12)14-4-3-9-23-14)10-19(2)11-15(21)20-7-5-17-6-8-20/h3-4,9,17H,5-8,10-11H2,1-2H3. The summed E-state index contributed by atoms with van der Waals surface area (Å²) in [5, 5.41) is 5.26. The van der Waals surface area contributed by atoms with Gasteiger partial charge in [0.25, 0.3) is 0 Å². The molecule has 2 aromatic heterocycles. The zero-order valence-electron chi connectivity index (χ0n) is 13.5. The van der Waals surface area contributed by atoms with Crippen LogP contribution in [-0.4, -0.2) is 60.5 Å². The van der Waals surface area contributed by atoms with Gasteiger partial charge in [-0.05, 0) is 25.4 Å². The number of nitrogens with one attached hydrogen (secondary N) is 1. The van der Waals surface area contributed by atoms with Crippen LogP contribution >= 0.6 is 11.3 Å². The fourth-order valence-corrected chi connectivity index (χ4v) is 3.29. The van der Waals surface area contributed by atoms with E-state index in [4.69, 9.17) is 4.42 Å². The van der Waals surface area contributed by atoms with Gasteiger partial charge >= 0.3 is 0 Å². The predicted octanol–water partition coefficient (Wildman–Crippen LogP) is 1.58. The fraction of sp³-hybridized carbons (Fsp3) is 0.500. The number of aromatic nitrogens is 1. The summed E-state index contributed by atoms with van der Waals surface area (Å²) in [6.07, 6.45) is 0. The Morgan fingerprint density at radius 1 is 1.48 bits per heavy atom. The van der Waals surface area contributed by atoms with Crippen LogP contribution in [0.1, 0.15) is 11.5 Å². The van der Waals surface area contributed by atoms with E-state index in [9.17, 15) is 4.79 Å². The maximum atomic E-state index is 12.3. The lowest BCUT2D eigenvalue weighted by Crippen LogP contribution is -2.49. The number of thiophene rings is 1. The Hall–Kier alpha value is -1.70. The third-order valence-corrected chi connectivity index (χ3v) is 4.78. The summed E-state index contributed by atoms with van der Waals surface area (Å²) in [5.41, 5.74) is 0.893. The minimum absolute atomic E-state index is 0.175. The maximum Gasteiger partial charge on any atom is 0.236 e. The molecule has 0 unspecified atom stereocenters. The first kappa shape index (κ1) is 16.2. The normalized spacial score (nSPS) is 15.3. The molecule has 1 amide bonds. The van der Waals surface area contributed by atoms with E-state index >= 15 is 0 Å². The predicted molar refractivity (Wildman–Crippen MR) is 90.3 cm³/mol. The molecule has 1 fully saturated rings.